The van der Waals surface area contributed by atoms with Crippen molar-refractivity contribution in [2.75, 3.05) is 32.2 Å². The third-order valence-electron chi connectivity index (χ3n) is 5.88. The molecule has 194 valence electrons. The molecule has 2 aromatic rings. The molecule has 9 heteroatoms. The van der Waals surface area contributed by atoms with E-state index in [4.69, 9.17) is 32.7 Å². The normalized spacial score (nSPS) is 14.2. The molecule has 0 bridgehead atoms. The van der Waals surface area contributed by atoms with Crippen LogP contribution in [0.5, 0.6) is 11.5 Å². The Hall–Kier alpha value is -2.49. The molecule has 0 radical (unpaired) electrons. The van der Waals surface area contributed by atoms with E-state index in [1.165, 1.54) is 5.01 Å². The number of rotatable bonds is 13. The van der Waals surface area contributed by atoms with E-state index in [0.717, 1.165) is 22.4 Å². The highest BCUT2D eigenvalue weighted by Crippen LogP contribution is 2.34. The molecule has 0 unspecified atom stereocenters. The molecule has 0 fully saturated rings. The summed E-state index contributed by atoms with van der Waals surface area (Å²) in [6.07, 6.45) is -1.57. The van der Waals surface area contributed by atoms with Crippen LogP contribution < -0.4 is 21.1 Å². The van der Waals surface area contributed by atoms with Gasteiger partial charge in [-0.1, -0.05) is 38.1 Å². The van der Waals surface area contributed by atoms with Gasteiger partial charge in [-0.15, -0.1) is 11.6 Å². The van der Waals surface area contributed by atoms with Gasteiger partial charge < -0.3 is 35.5 Å². The molecule has 0 saturated heterocycles. The fraction of sp³-hybridized carbons (Fsp3) is 0.462. The van der Waals surface area contributed by atoms with E-state index >= 15 is 0 Å². The first-order chi connectivity index (χ1) is 16.5. The quantitative estimate of drug-likeness (QED) is 0.158. The highest BCUT2D eigenvalue weighted by Gasteiger charge is 2.24. The molecule has 2 rings (SSSR count). The average Bonchev–Trinajstić information content (AvgIpc) is 2.82. The Morgan fingerprint density at radius 3 is 2.17 bits per heavy atom. The number of aliphatic hydroxyl groups excluding tert-OH is 3. The second-order valence-electron chi connectivity index (χ2n) is 9.15. The van der Waals surface area contributed by atoms with Crippen LogP contribution in [0.1, 0.15) is 37.5 Å². The summed E-state index contributed by atoms with van der Waals surface area (Å²) in [5, 5.41) is 30.4. The zero-order valence-corrected chi connectivity index (χ0v) is 21.6. The fourth-order valence-electron chi connectivity index (χ4n) is 3.59. The molecule has 0 spiro atoms. The second kappa shape index (κ2) is 13.0. The minimum Gasteiger partial charge on any atom is -0.491 e. The van der Waals surface area contributed by atoms with Gasteiger partial charge in [-0.2, -0.15) is 0 Å². The number of hydrogen-bond acceptors (Lipinski definition) is 8. The zero-order valence-electron chi connectivity index (χ0n) is 20.9. The first-order valence-electron chi connectivity index (χ1n) is 11.5. The highest BCUT2D eigenvalue weighted by atomic mass is 35.5. The van der Waals surface area contributed by atoms with Crippen LogP contribution in [0, 0.1) is 6.92 Å². The minimum atomic E-state index is -0.869. The molecule has 0 aliphatic carbocycles. The molecule has 2 atom stereocenters. The summed E-state index contributed by atoms with van der Waals surface area (Å²) >= 11 is 5.63. The van der Waals surface area contributed by atoms with Gasteiger partial charge in [-0.05, 0) is 48.7 Å². The van der Waals surface area contributed by atoms with Crippen LogP contribution in [0.4, 0.5) is 0 Å². The number of hydrogen-bond donors (Lipinski definition) is 5. The fourth-order valence-corrected chi connectivity index (χ4v) is 3.68. The summed E-state index contributed by atoms with van der Waals surface area (Å²) in [7, 11) is 0. The molecule has 0 amide bonds. The first kappa shape index (κ1) is 28.7. The van der Waals surface area contributed by atoms with Crippen molar-refractivity contribution >= 4 is 11.6 Å². The second-order valence-corrected chi connectivity index (χ2v) is 9.46. The maximum Gasteiger partial charge on any atom is 0.122 e. The van der Waals surface area contributed by atoms with Crippen molar-refractivity contribution in [2.45, 2.75) is 45.3 Å². The lowest BCUT2D eigenvalue weighted by atomic mass is 9.77. The molecule has 8 nitrogen and oxygen atoms in total. The van der Waals surface area contributed by atoms with Crippen molar-refractivity contribution in [3.05, 3.63) is 70.5 Å². The van der Waals surface area contributed by atoms with Crippen molar-refractivity contribution in [1.29, 1.82) is 0 Å². The number of halogens is 1. The standard InChI is InChI=1S/C26H38ClN3O5/c1-17-11-20(7-10-25(17)35-15-21(32)12-27)26(3,4)19-5-8-23(9-6-19)34-16-22(33)13-30(29)24(14-31)18(2)28/h5-11,21-22,31-33H,12-16,28-29H2,1-4H3/b24-18-/t21-,22+/m0/s1. The van der Waals surface area contributed by atoms with E-state index in [1.54, 1.807) is 6.92 Å². The number of hydrazine groups is 1. The number of nitrogens with two attached hydrogens (primary N) is 2. The minimum absolute atomic E-state index is 0.0395. The molecule has 0 aliphatic heterocycles. The number of aliphatic hydroxyl groups is 3. The summed E-state index contributed by atoms with van der Waals surface area (Å²) in [6, 6.07) is 13.7. The maximum absolute atomic E-state index is 10.2. The molecule has 0 heterocycles. The van der Waals surface area contributed by atoms with Gasteiger partial charge in [0.25, 0.3) is 0 Å². The number of benzene rings is 2. The molecule has 0 aromatic heterocycles. The van der Waals surface area contributed by atoms with Gasteiger partial charge in [0, 0.05) is 11.1 Å². The van der Waals surface area contributed by atoms with E-state index in [0.29, 0.717) is 17.1 Å². The molecule has 2 aromatic carbocycles. The molecular weight excluding hydrogens is 470 g/mol. The predicted octanol–water partition coefficient (Wildman–Crippen LogP) is 2.40. The van der Waals surface area contributed by atoms with Gasteiger partial charge >= 0.3 is 0 Å². The summed E-state index contributed by atoms with van der Waals surface area (Å²) in [5.74, 6) is 7.34. The smallest absolute Gasteiger partial charge is 0.122 e. The van der Waals surface area contributed by atoms with Crippen LogP contribution in [0.3, 0.4) is 0 Å². The maximum atomic E-state index is 10.2. The van der Waals surface area contributed by atoms with Gasteiger partial charge in [-0.25, -0.2) is 5.84 Å². The Morgan fingerprint density at radius 1 is 1.03 bits per heavy atom. The van der Waals surface area contributed by atoms with E-state index in [1.807, 2.05) is 43.3 Å². The van der Waals surface area contributed by atoms with Crippen molar-refractivity contribution in [1.82, 2.24) is 5.01 Å². The Balaban J connectivity index is 2.01. The zero-order chi connectivity index (χ0) is 26.2. The van der Waals surface area contributed by atoms with Gasteiger partial charge in [0.15, 0.2) is 0 Å². The number of allylic oxidation sites excluding steroid dienone is 1. The monoisotopic (exact) mass is 507 g/mol. The Labute approximate surface area is 212 Å². The lowest BCUT2D eigenvalue weighted by Gasteiger charge is -2.27. The average molecular weight is 508 g/mol. The van der Waals surface area contributed by atoms with E-state index in [9.17, 15) is 15.3 Å². The van der Waals surface area contributed by atoms with Crippen molar-refractivity contribution in [3.8, 4) is 11.5 Å². The SMILES string of the molecule is C/C(N)=C(\CO)N(N)C[C@@H](O)COc1ccc(C(C)(C)c2ccc(OC[C@@H](O)CCl)c(C)c2)cc1. The first-order valence-corrected chi connectivity index (χ1v) is 12.0. The lowest BCUT2D eigenvalue weighted by Crippen LogP contribution is -2.41. The summed E-state index contributed by atoms with van der Waals surface area (Å²) in [6.45, 7) is 7.84. The van der Waals surface area contributed by atoms with Gasteiger partial charge in [0.05, 0.1) is 24.7 Å². The number of aryl methyl sites for hydroxylation is 1. The molecular formula is C26H38ClN3O5. The Morgan fingerprint density at radius 2 is 1.63 bits per heavy atom. The lowest BCUT2D eigenvalue weighted by molar-refractivity contribution is 0.0741. The van der Waals surface area contributed by atoms with Gasteiger partial charge in [-0.3, -0.25) is 0 Å². The highest BCUT2D eigenvalue weighted by molar-refractivity contribution is 6.18. The number of nitrogens with zero attached hydrogens (tertiary/aromatic N) is 1. The van der Waals surface area contributed by atoms with Crippen molar-refractivity contribution in [3.63, 3.8) is 0 Å². The largest absolute Gasteiger partial charge is 0.491 e. The van der Waals surface area contributed by atoms with Gasteiger partial charge in [0.2, 0.25) is 0 Å². The van der Waals surface area contributed by atoms with Crippen LogP contribution in [0.15, 0.2) is 53.9 Å². The third-order valence-corrected chi connectivity index (χ3v) is 6.24. The van der Waals surface area contributed by atoms with Crippen molar-refractivity contribution < 1.29 is 24.8 Å². The summed E-state index contributed by atoms with van der Waals surface area (Å²) in [4.78, 5) is 0. The topological polar surface area (TPSA) is 134 Å². The molecule has 35 heavy (non-hydrogen) atoms. The summed E-state index contributed by atoms with van der Waals surface area (Å²) in [5.41, 5.74) is 9.36. The summed E-state index contributed by atoms with van der Waals surface area (Å²) < 4.78 is 11.4. The van der Waals surface area contributed by atoms with Crippen LogP contribution in [-0.2, 0) is 5.41 Å². The van der Waals surface area contributed by atoms with Crippen LogP contribution in [0.2, 0.25) is 0 Å². The molecule has 0 saturated carbocycles. The van der Waals surface area contributed by atoms with E-state index in [2.05, 4.69) is 19.9 Å². The predicted molar refractivity (Wildman–Crippen MR) is 138 cm³/mol. The third kappa shape index (κ3) is 8.02. The molecule has 7 N–H and O–H groups in total. The van der Waals surface area contributed by atoms with Crippen LogP contribution in [-0.4, -0.2) is 64.8 Å². The Kier molecular flexibility index (Phi) is 10.7. The number of alkyl halides is 1. The van der Waals surface area contributed by atoms with E-state index < -0.39 is 12.2 Å². The van der Waals surface area contributed by atoms with E-state index in [-0.39, 0.29) is 37.7 Å². The number of ether oxygens (including phenoxy) is 2. The molecule has 0 aliphatic rings. The van der Waals surface area contributed by atoms with Crippen molar-refractivity contribution in [2.24, 2.45) is 11.6 Å². The Bertz CT molecular complexity index is 977. The van der Waals surface area contributed by atoms with Crippen LogP contribution in [0.25, 0.3) is 0 Å². The van der Waals surface area contributed by atoms with Crippen LogP contribution >= 0.6 is 11.6 Å². The van der Waals surface area contributed by atoms with Gasteiger partial charge in [0.1, 0.15) is 36.9 Å².